The van der Waals surface area contributed by atoms with E-state index in [4.69, 9.17) is 9.47 Å². The molecular formula is C18H21NO4S. The Balaban J connectivity index is 1.73. The van der Waals surface area contributed by atoms with E-state index in [1.165, 1.54) is 0 Å². The fourth-order valence-corrected chi connectivity index (χ4v) is 4.54. The van der Waals surface area contributed by atoms with Crippen molar-refractivity contribution in [3.63, 3.8) is 0 Å². The van der Waals surface area contributed by atoms with Gasteiger partial charge in [-0.05, 0) is 44.0 Å². The summed E-state index contributed by atoms with van der Waals surface area (Å²) in [5.74, 6) is 1.32. The number of ether oxygens (including phenoxy) is 2. The van der Waals surface area contributed by atoms with Crippen molar-refractivity contribution in [2.24, 2.45) is 0 Å². The van der Waals surface area contributed by atoms with Crippen LogP contribution in [0.1, 0.15) is 16.7 Å². The van der Waals surface area contributed by atoms with Crippen LogP contribution in [0.15, 0.2) is 41.3 Å². The van der Waals surface area contributed by atoms with Crippen molar-refractivity contribution in [1.29, 1.82) is 0 Å². The fourth-order valence-electron chi connectivity index (χ4n) is 3.03. The molecule has 0 radical (unpaired) electrons. The van der Waals surface area contributed by atoms with Crippen molar-refractivity contribution in [2.45, 2.75) is 31.8 Å². The summed E-state index contributed by atoms with van der Waals surface area (Å²) < 4.78 is 39.4. The number of hydrogen-bond acceptors (Lipinski definition) is 4. The van der Waals surface area contributed by atoms with Crippen LogP contribution in [0.25, 0.3) is 0 Å². The predicted octanol–water partition coefficient (Wildman–Crippen LogP) is 2.73. The van der Waals surface area contributed by atoms with E-state index in [1.807, 2.05) is 57.2 Å². The van der Waals surface area contributed by atoms with Crippen molar-refractivity contribution in [1.82, 2.24) is 4.72 Å². The van der Waals surface area contributed by atoms with Gasteiger partial charge in [0.15, 0.2) is 11.5 Å². The summed E-state index contributed by atoms with van der Waals surface area (Å²) in [6.07, 6.45) is -0.360. The molecule has 24 heavy (non-hydrogen) atoms. The number of aryl methyl sites for hydroxylation is 3. The monoisotopic (exact) mass is 347 g/mol. The van der Waals surface area contributed by atoms with Crippen LogP contribution in [0.5, 0.6) is 11.5 Å². The van der Waals surface area contributed by atoms with Crippen LogP contribution in [0.3, 0.4) is 0 Å². The first-order chi connectivity index (χ1) is 11.4. The van der Waals surface area contributed by atoms with Gasteiger partial charge in [0.2, 0.25) is 10.0 Å². The minimum atomic E-state index is -3.60. The third kappa shape index (κ3) is 3.39. The maximum absolute atomic E-state index is 12.7. The molecule has 0 saturated heterocycles. The molecule has 2 aromatic carbocycles. The van der Waals surface area contributed by atoms with Crippen molar-refractivity contribution >= 4 is 10.0 Å². The summed E-state index contributed by atoms with van der Waals surface area (Å²) in [7, 11) is -3.60. The van der Waals surface area contributed by atoms with Crippen molar-refractivity contribution in [3.8, 4) is 11.5 Å². The highest BCUT2D eigenvalue weighted by Crippen LogP contribution is 2.30. The standard InChI is InChI=1S/C18H21NO4S/c1-12-8-13(2)18(14(3)9-12)24(20,21)19-10-15-11-22-16-6-4-5-7-17(16)23-15/h4-9,15,19H,10-11H2,1-3H3. The Labute approximate surface area is 142 Å². The van der Waals surface area contributed by atoms with Gasteiger partial charge >= 0.3 is 0 Å². The second-order valence-electron chi connectivity index (χ2n) is 6.08. The third-order valence-corrected chi connectivity index (χ3v) is 5.67. The SMILES string of the molecule is Cc1cc(C)c(S(=O)(=O)NCC2COc3ccccc3O2)c(C)c1. The smallest absolute Gasteiger partial charge is 0.241 e. The molecular weight excluding hydrogens is 326 g/mol. The lowest BCUT2D eigenvalue weighted by Gasteiger charge is -2.26. The van der Waals surface area contributed by atoms with Crippen molar-refractivity contribution < 1.29 is 17.9 Å². The Bertz CT molecular complexity index is 838. The Morgan fingerprint density at radius 2 is 1.71 bits per heavy atom. The molecule has 1 heterocycles. The van der Waals surface area contributed by atoms with Crippen molar-refractivity contribution in [2.75, 3.05) is 13.2 Å². The van der Waals surface area contributed by atoms with Gasteiger partial charge in [-0.3, -0.25) is 0 Å². The van der Waals surface area contributed by atoms with Gasteiger partial charge in [-0.15, -0.1) is 0 Å². The summed E-state index contributed by atoms with van der Waals surface area (Å²) in [4.78, 5) is 0.338. The van der Waals surface area contributed by atoms with Crippen LogP contribution in [0, 0.1) is 20.8 Å². The second kappa shape index (κ2) is 6.45. The number of nitrogens with one attached hydrogen (secondary N) is 1. The molecule has 0 spiro atoms. The molecule has 0 aliphatic carbocycles. The number of para-hydroxylation sites is 2. The molecule has 1 unspecified atom stereocenters. The van der Waals surface area contributed by atoms with Gasteiger partial charge in [0.1, 0.15) is 12.7 Å². The highest BCUT2D eigenvalue weighted by Gasteiger charge is 2.25. The van der Waals surface area contributed by atoms with Crippen LogP contribution in [0.4, 0.5) is 0 Å². The van der Waals surface area contributed by atoms with Crippen LogP contribution >= 0.6 is 0 Å². The molecule has 1 N–H and O–H groups in total. The van der Waals surface area contributed by atoms with E-state index >= 15 is 0 Å². The van der Waals surface area contributed by atoms with Gasteiger partial charge in [0.25, 0.3) is 0 Å². The maximum atomic E-state index is 12.7. The van der Waals surface area contributed by atoms with E-state index < -0.39 is 10.0 Å². The normalized spacial score (nSPS) is 16.9. The van der Waals surface area contributed by atoms with Crippen LogP contribution < -0.4 is 14.2 Å². The fraction of sp³-hybridized carbons (Fsp3) is 0.333. The number of benzene rings is 2. The average Bonchev–Trinajstić information content (AvgIpc) is 2.51. The summed E-state index contributed by atoms with van der Waals surface area (Å²) in [6.45, 7) is 6.04. The number of rotatable bonds is 4. The van der Waals surface area contributed by atoms with E-state index in [0.29, 0.717) is 23.0 Å². The lowest BCUT2D eigenvalue weighted by Crippen LogP contribution is -2.41. The zero-order chi connectivity index (χ0) is 17.3. The quantitative estimate of drug-likeness (QED) is 0.924. The molecule has 0 bridgehead atoms. The lowest BCUT2D eigenvalue weighted by atomic mass is 10.1. The minimum Gasteiger partial charge on any atom is -0.486 e. The zero-order valence-corrected chi connectivity index (χ0v) is 14.8. The van der Waals surface area contributed by atoms with Gasteiger partial charge in [0.05, 0.1) is 11.4 Å². The largest absolute Gasteiger partial charge is 0.486 e. The highest BCUT2D eigenvalue weighted by atomic mass is 32.2. The molecule has 1 aliphatic rings. The van der Waals surface area contributed by atoms with Gasteiger partial charge in [0, 0.05) is 0 Å². The Morgan fingerprint density at radius 1 is 1.08 bits per heavy atom. The Kier molecular flexibility index (Phi) is 4.51. The Morgan fingerprint density at radius 3 is 2.38 bits per heavy atom. The molecule has 0 aromatic heterocycles. The molecule has 3 rings (SSSR count). The van der Waals surface area contributed by atoms with Gasteiger partial charge in [-0.25, -0.2) is 13.1 Å². The molecule has 5 nitrogen and oxygen atoms in total. The zero-order valence-electron chi connectivity index (χ0n) is 14.0. The third-order valence-electron chi connectivity index (χ3n) is 3.94. The minimum absolute atomic E-state index is 0.156. The summed E-state index contributed by atoms with van der Waals surface area (Å²) in [5, 5.41) is 0. The van der Waals surface area contributed by atoms with E-state index in [-0.39, 0.29) is 12.6 Å². The molecule has 1 aliphatic heterocycles. The van der Waals surface area contributed by atoms with Crippen LogP contribution in [0.2, 0.25) is 0 Å². The van der Waals surface area contributed by atoms with E-state index in [9.17, 15) is 8.42 Å². The molecule has 1 atom stereocenters. The van der Waals surface area contributed by atoms with E-state index in [1.54, 1.807) is 0 Å². The predicted molar refractivity (Wildman–Crippen MR) is 92.2 cm³/mol. The van der Waals surface area contributed by atoms with E-state index in [2.05, 4.69) is 4.72 Å². The first-order valence-corrected chi connectivity index (χ1v) is 9.31. The molecule has 128 valence electrons. The number of hydrogen-bond donors (Lipinski definition) is 1. The number of sulfonamides is 1. The first kappa shape index (κ1) is 16.8. The van der Waals surface area contributed by atoms with Gasteiger partial charge < -0.3 is 9.47 Å². The summed E-state index contributed by atoms with van der Waals surface area (Å²) in [5.41, 5.74) is 2.53. The first-order valence-electron chi connectivity index (χ1n) is 7.83. The van der Waals surface area contributed by atoms with Crippen LogP contribution in [-0.2, 0) is 10.0 Å². The average molecular weight is 347 g/mol. The lowest BCUT2D eigenvalue weighted by molar-refractivity contribution is 0.0943. The highest BCUT2D eigenvalue weighted by molar-refractivity contribution is 7.89. The van der Waals surface area contributed by atoms with Crippen LogP contribution in [-0.4, -0.2) is 27.7 Å². The van der Waals surface area contributed by atoms with Gasteiger partial charge in [-0.1, -0.05) is 29.8 Å². The molecule has 0 fully saturated rings. The maximum Gasteiger partial charge on any atom is 0.241 e. The molecule has 0 saturated carbocycles. The number of fused-ring (bicyclic) bond motifs is 1. The van der Waals surface area contributed by atoms with E-state index in [0.717, 1.165) is 16.7 Å². The second-order valence-corrected chi connectivity index (χ2v) is 7.78. The molecule has 2 aromatic rings. The summed E-state index contributed by atoms with van der Waals surface area (Å²) in [6, 6.07) is 11.1. The Hall–Kier alpha value is -2.05. The van der Waals surface area contributed by atoms with Gasteiger partial charge in [-0.2, -0.15) is 0 Å². The van der Waals surface area contributed by atoms with Crippen molar-refractivity contribution in [3.05, 3.63) is 53.1 Å². The molecule has 6 heteroatoms. The topological polar surface area (TPSA) is 64.6 Å². The molecule has 0 amide bonds. The summed E-state index contributed by atoms with van der Waals surface area (Å²) >= 11 is 0.